The van der Waals surface area contributed by atoms with Crippen molar-refractivity contribution in [2.24, 2.45) is 5.92 Å². The molecule has 0 heterocycles. The Hall–Kier alpha value is -1.02. The first-order valence-corrected chi connectivity index (χ1v) is 6.19. The number of aliphatic hydroxyl groups excluding tert-OH is 1. The topological polar surface area (TPSA) is 29.5 Å². The second kappa shape index (κ2) is 5.35. The molecule has 1 fully saturated rings. The molecule has 0 spiro atoms. The molecule has 0 saturated heterocycles. The summed E-state index contributed by atoms with van der Waals surface area (Å²) in [5, 5.41) is 9.66. The minimum absolute atomic E-state index is 0.282. The van der Waals surface area contributed by atoms with Crippen molar-refractivity contribution in [2.45, 2.75) is 38.7 Å². The fraction of sp³-hybridized carbons (Fsp3) is 0.571. The molecule has 1 saturated carbocycles. The van der Waals surface area contributed by atoms with Gasteiger partial charge >= 0.3 is 0 Å². The first kappa shape index (κ1) is 11.5. The molecule has 0 radical (unpaired) electrons. The Bertz CT molecular complexity index is 314. The number of rotatable bonds is 6. The van der Waals surface area contributed by atoms with Crippen LogP contribution in [0.5, 0.6) is 5.75 Å². The molecule has 1 atom stereocenters. The highest BCUT2D eigenvalue weighted by molar-refractivity contribution is 5.27. The molecular weight excluding hydrogens is 200 g/mol. The van der Waals surface area contributed by atoms with Gasteiger partial charge in [-0.2, -0.15) is 0 Å². The van der Waals surface area contributed by atoms with Gasteiger partial charge in [0, 0.05) is 0 Å². The van der Waals surface area contributed by atoms with Crippen molar-refractivity contribution >= 4 is 0 Å². The minimum Gasteiger partial charge on any atom is -0.491 e. The van der Waals surface area contributed by atoms with E-state index in [0.29, 0.717) is 12.5 Å². The first-order valence-electron chi connectivity index (χ1n) is 6.19. The van der Waals surface area contributed by atoms with Crippen molar-refractivity contribution in [3.05, 3.63) is 29.8 Å². The zero-order chi connectivity index (χ0) is 11.4. The summed E-state index contributed by atoms with van der Waals surface area (Å²) in [5.41, 5.74) is 1.34. The van der Waals surface area contributed by atoms with E-state index in [2.05, 4.69) is 19.1 Å². The average Bonchev–Trinajstić information content (AvgIpc) is 3.12. The number of hydrogen-bond acceptors (Lipinski definition) is 2. The largest absolute Gasteiger partial charge is 0.491 e. The van der Waals surface area contributed by atoms with E-state index in [1.165, 1.54) is 12.0 Å². The highest BCUT2D eigenvalue weighted by Gasteiger charge is 2.29. The fourth-order valence-electron chi connectivity index (χ4n) is 1.84. The van der Waals surface area contributed by atoms with Gasteiger partial charge in [-0.25, -0.2) is 0 Å². The van der Waals surface area contributed by atoms with Gasteiger partial charge in [0.25, 0.3) is 0 Å². The molecule has 0 aliphatic heterocycles. The lowest BCUT2D eigenvalue weighted by molar-refractivity contribution is 0.0894. The van der Waals surface area contributed by atoms with Crippen molar-refractivity contribution in [3.8, 4) is 5.75 Å². The number of ether oxygens (including phenoxy) is 1. The molecule has 1 aliphatic rings. The van der Waals surface area contributed by atoms with Gasteiger partial charge in [-0.05, 0) is 42.9 Å². The van der Waals surface area contributed by atoms with Gasteiger partial charge in [0.2, 0.25) is 0 Å². The molecule has 0 bridgehead atoms. The van der Waals surface area contributed by atoms with Gasteiger partial charge in [-0.3, -0.25) is 0 Å². The van der Waals surface area contributed by atoms with Crippen molar-refractivity contribution in [2.75, 3.05) is 6.61 Å². The maximum absolute atomic E-state index is 9.66. The van der Waals surface area contributed by atoms with Crippen LogP contribution in [-0.2, 0) is 6.42 Å². The smallest absolute Gasteiger partial charge is 0.119 e. The number of hydrogen-bond donors (Lipinski definition) is 1. The van der Waals surface area contributed by atoms with Crippen LogP contribution in [0.25, 0.3) is 0 Å². The van der Waals surface area contributed by atoms with Crippen LogP contribution in [0.4, 0.5) is 0 Å². The highest BCUT2D eigenvalue weighted by Crippen LogP contribution is 2.32. The third-order valence-electron chi connectivity index (χ3n) is 3.05. The van der Waals surface area contributed by atoms with E-state index in [4.69, 9.17) is 4.74 Å². The third-order valence-corrected chi connectivity index (χ3v) is 3.05. The molecule has 88 valence electrons. The van der Waals surface area contributed by atoms with Crippen molar-refractivity contribution in [1.82, 2.24) is 0 Å². The Labute approximate surface area is 97.3 Å². The van der Waals surface area contributed by atoms with E-state index in [9.17, 15) is 5.11 Å². The molecule has 16 heavy (non-hydrogen) atoms. The summed E-state index contributed by atoms with van der Waals surface area (Å²) in [4.78, 5) is 0. The Morgan fingerprint density at radius 2 is 2.00 bits per heavy atom. The van der Waals surface area contributed by atoms with Crippen LogP contribution in [0.15, 0.2) is 24.3 Å². The van der Waals surface area contributed by atoms with Crippen molar-refractivity contribution in [3.63, 3.8) is 0 Å². The van der Waals surface area contributed by atoms with Gasteiger partial charge in [0.15, 0.2) is 0 Å². The van der Waals surface area contributed by atoms with Gasteiger partial charge < -0.3 is 9.84 Å². The number of aryl methyl sites for hydroxylation is 1. The molecule has 1 aliphatic carbocycles. The maximum atomic E-state index is 9.66. The van der Waals surface area contributed by atoms with Gasteiger partial charge in [0.1, 0.15) is 12.4 Å². The van der Waals surface area contributed by atoms with Gasteiger partial charge in [-0.1, -0.05) is 25.5 Å². The zero-order valence-electron chi connectivity index (χ0n) is 9.86. The predicted octanol–water partition coefficient (Wildman–Crippen LogP) is 2.79. The Kier molecular flexibility index (Phi) is 3.83. The molecule has 2 nitrogen and oxygen atoms in total. The third kappa shape index (κ3) is 3.24. The summed E-state index contributed by atoms with van der Waals surface area (Å²) >= 11 is 0. The van der Waals surface area contributed by atoms with Crippen LogP contribution >= 0.6 is 0 Å². The molecule has 1 N–H and O–H groups in total. The molecule has 1 unspecified atom stereocenters. The predicted molar refractivity (Wildman–Crippen MR) is 64.7 cm³/mol. The summed E-state index contributed by atoms with van der Waals surface area (Å²) in [6.45, 7) is 2.61. The van der Waals surface area contributed by atoms with Crippen molar-refractivity contribution in [1.29, 1.82) is 0 Å². The number of aliphatic hydroxyl groups is 1. The van der Waals surface area contributed by atoms with E-state index in [1.807, 2.05) is 12.1 Å². The van der Waals surface area contributed by atoms with Gasteiger partial charge in [-0.15, -0.1) is 0 Å². The Morgan fingerprint density at radius 1 is 1.31 bits per heavy atom. The Balaban J connectivity index is 1.79. The van der Waals surface area contributed by atoms with E-state index in [0.717, 1.165) is 25.0 Å². The summed E-state index contributed by atoms with van der Waals surface area (Å²) in [7, 11) is 0. The minimum atomic E-state index is -0.282. The van der Waals surface area contributed by atoms with E-state index in [1.54, 1.807) is 0 Å². The lowest BCUT2D eigenvalue weighted by Gasteiger charge is -2.11. The van der Waals surface area contributed by atoms with Crippen LogP contribution in [0.1, 0.15) is 31.7 Å². The zero-order valence-corrected chi connectivity index (χ0v) is 9.86. The quantitative estimate of drug-likeness (QED) is 0.798. The average molecular weight is 220 g/mol. The van der Waals surface area contributed by atoms with Crippen LogP contribution in [0.2, 0.25) is 0 Å². The van der Waals surface area contributed by atoms with Crippen LogP contribution in [0.3, 0.4) is 0 Å². The summed E-state index contributed by atoms with van der Waals surface area (Å²) in [6, 6.07) is 8.18. The first-order chi connectivity index (χ1) is 7.79. The van der Waals surface area contributed by atoms with Gasteiger partial charge in [0.05, 0.1) is 6.10 Å². The van der Waals surface area contributed by atoms with E-state index >= 15 is 0 Å². The van der Waals surface area contributed by atoms with Crippen molar-refractivity contribution < 1.29 is 9.84 Å². The highest BCUT2D eigenvalue weighted by atomic mass is 16.5. The van der Waals surface area contributed by atoms with Crippen LogP contribution in [0, 0.1) is 5.92 Å². The summed E-state index contributed by atoms with van der Waals surface area (Å²) < 4.78 is 5.55. The van der Waals surface area contributed by atoms with E-state index in [-0.39, 0.29) is 6.10 Å². The number of benzene rings is 1. The standard InChI is InChI=1S/C14H20O2/c1-2-3-11-4-8-13(9-5-11)16-10-14(15)12-6-7-12/h4-5,8-9,12,14-15H,2-3,6-7,10H2,1H3. The molecular formula is C14H20O2. The molecule has 1 aromatic rings. The second-order valence-electron chi connectivity index (χ2n) is 4.61. The summed E-state index contributed by atoms with van der Waals surface area (Å²) in [5.74, 6) is 1.35. The maximum Gasteiger partial charge on any atom is 0.119 e. The Morgan fingerprint density at radius 3 is 2.56 bits per heavy atom. The normalized spacial score (nSPS) is 17.1. The molecule has 2 heteroatoms. The monoisotopic (exact) mass is 220 g/mol. The fourth-order valence-corrected chi connectivity index (χ4v) is 1.84. The molecule has 2 rings (SSSR count). The van der Waals surface area contributed by atoms with Crippen LogP contribution < -0.4 is 4.74 Å². The summed E-state index contributed by atoms with van der Waals surface area (Å²) in [6.07, 6.45) is 4.31. The SMILES string of the molecule is CCCc1ccc(OCC(O)C2CC2)cc1. The lowest BCUT2D eigenvalue weighted by Crippen LogP contribution is -2.19. The van der Waals surface area contributed by atoms with E-state index < -0.39 is 0 Å². The molecule has 0 amide bonds. The lowest BCUT2D eigenvalue weighted by atomic mass is 10.1. The molecule has 0 aromatic heterocycles. The second-order valence-corrected chi connectivity index (χ2v) is 4.61. The van der Waals surface area contributed by atoms with Crippen LogP contribution in [-0.4, -0.2) is 17.8 Å². The molecule has 1 aromatic carbocycles.